The number of imidazole rings is 1. The van der Waals surface area contributed by atoms with Crippen molar-refractivity contribution < 1.29 is 14.3 Å². The van der Waals surface area contributed by atoms with Crippen LogP contribution in [0.15, 0.2) is 24.7 Å². The largest absolute Gasteiger partial charge is 0.459 e. The van der Waals surface area contributed by atoms with Crippen LogP contribution >= 0.6 is 11.6 Å². The van der Waals surface area contributed by atoms with Gasteiger partial charge >= 0.3 is 5.97 Å². The normalized spacial score (nSPS) is 12.1. The number of pyridine rings is 1. The lowest BCUT2D eigenvalue weighted by Crippen LogP contribution is -2.34. The lowest BCUT2D eigenvalue weighted by Gasteiger charge is -2.10. The van der Waals surface area contributed by atoms with Crippen LogP contribution in [0.4, 0.5) is 0 Å². The topological polar surface area (TPSA) is 72.7 Å². The highest BCUT2D eigenvalue weighted by Crippen LogP contribution is 2.18. The van der Waals surface area contributed by atoms with Gasteiger partial charge in [-0.3, -0.25) is 9.59 Å². The van der Waals surface area contributed by atoms with Crippen molar-refractivity contribution in [1.29, 1.82) is 0 Å². The van der Waals surface area contributed by atoms with Gasteiger partial charge in [-0.05, 0) is 12.5 Å². The minimum absolute atomic E-state index is 0.0892. The van der Waals surface area contributed by atoms with Crippen LogP contribution in [0.2, 0.25) is 5.02 Å². The Kier molecular flexibility index (Phi) is 5.38. The van der Waals surface area contributed by atoms with Gasteiger partial charge in [-0.1, -0.05) is 25.4 Å². The van der Waals surface area contributed by atoms with E-state index in [1.54, 1.807) is 29.1 Å². The molecule has 0 spiro atoms. The lowest BCUT2D eigenvalue weighted by molar-refractivity contribution is -0.145. The van der Waals surface area contributed by atoms with Crippen molar-refractivity contribution in [1.82, 2.24) is 14.7 Å². The number of halogens is 1. The van der Waals surface area contributed by atoms with Crippen LogP contribution in [-0.4, -0.2) is 27.8 Å². The minimum Gasteiger partial charge on any atom is -0.459 e. The number of esters is 1. The van der Waals surface area contributed by atoms with Gasteiger partial charge in [0.15, 0.2) is 5.65 Å². The SMILES string of the molecule is CCC(C)C(=O)NCC(=O)OCc1cc(Cl)c2nccn2c1. The molecule has 0 saturated carbocycles. The van der Waals surface area contributed by atoms with Gasteiger partial charge in [-0.2, -0.15) is 0 Å². The van der Waals surface area contributed by atoms with Crippen LogP contribution in [-0.2, 0) is 20.9 Å². The van der Waals surface area contributed by atoms with Crippen molar-refractivity contribution in [2.45, 2.75) is 26.9 Å². The summed E-state index contributed by atoms with van der Waals surface area (Å²) in [6, 6.07) is 1.70. The van der Waals surface area contributed by atoms with Gasteiger partial charge in [0, 0.05) is 30.1 Å². The van der Waals surface area contributed by atoms with E-state index in [1.165, 1.54) is 0 Å². The molecule has 1 atom stereocenters. The molecule has 0 aliphatic carbocycles. The summed E-state index contributed by atoms with van der Waals surface area (Å²) in [7, 11) is 0. The third-order valence-corrected chi connectivity index (χ3v) is 3.64. The first-order valence-corrected chi connectivity index (χ1v) is 7.43. The monoisotopic (exact) mass is 323 g/mol. The highest BCUT2D eigenvalue weighted by molar-refractivity contribution is 6.33. The summed E-state index contributed by atoms with van der Waals surface area (Å²) < 4.78 is 6.89. The van der Waals surface area contributed by atoms with E-state index in [9.17, 15) is 9.59 Å². The number of rotatable bonds is 6. The van der Waals surface area contributed by atoms with Gasteiger partial charge in [0.05, 0.1) is 5.02 Å². The summed E-state index contributed by atoms with van der Waals surface area (Å²) in [6.45, 7) is 3.68. The number of hydrogen-bond donors (Lipinski definition) is 1. The molecule has 22 heavy (non-hydrogen) atoms. The number of nitrogens with zero attached hydrogens (tertiary/aromatic N) is 2. The molecule has 6 nitrogen and oxygen atoms in total. The van der Waals surface area contributed by atoms with Crippen molar-refractivity contribution in [3.8, 4) is 0 Å². The molecule has 0 radical (unpaired) electrons. The first kappa shape index (κ1) is 16.3. The predicted octanol–water partition coefficient (Wildman–Crippen LogP) is 2.19. The third-order valence-electron chi connectivity index (χ3n) is 3.37. The quantitative estimate of drug-likeness (QED) is 0.827. The zero-order valence-electron chi connectivity index (χ0n) is 12.5. The van der Waals surface area contributed by atoms with E-state index in [0.29, 0.717) is 10.7 Å². The van der Waals surface area contributed by atoms with Gasteiger partial charge in [0.25, 0.3) is 0 Å². The van der Waals surface area contributed by atoms with Crippen LogP contribution in [0.5, 0.6) is 0 Å². The van der Waals surface area contributed by atoms with Crippen LogP contribution < -0.4 is 5.32 Å². The number of amides is 1. The number of carbonyl (C=O) groups is 2. The van der Waals surface area contributed by atoms with Crippen molar-refractivity contribution in [2.24, 2.45) is 5.92 Å². The Balaban J connectivity index is 1.86. The van der Waals surface area contributed by atoms with Crippen molar-refractivity contribution in [3.63, 3.8) is 0 Å². The second-order valence-corrected chi connectivity index (χ2v) is 5.45. The summed E-state index contributed by atoms with van der Waals surface area (Å²) in [5, 5.41) is 3.04. The zero-order valence-corrected chi connectivity index (χ0v) is 13.3. The second-order valence-electron chi connectivity index (χ2n) is 5.04. The van der Waals surface area contributed by atoms with E-state index < -0.39 is 5.97 Å². The molecule has 2 aromatic heterocycles. The molecule has 0 fully saturated rings. The Labute approximate surface area is 133 Å². The molecular weight excluding hydrogens is 306 g/mol. The zero-order chi connectivity index (χ0) is 16.1. The Hall–Kier alpha value is -2.08. The molecule has 0 aliphatic rings. The fourth-order valence-corrected chi connectivity index (χ4v) is 2.14. The molecule has 2 rings (SSSR count). The van der Waals surface area contributed by atoms with E-state index in [1.807, 2.05) is 13.8 Å². The molecule has 2 aromatic rings. The molecule has 2 heterocycles. The van der Waals surface area contributed by atoms with E-state index in [0.717, 1.165) is 12.0 Å². The maximum absolute atomic E-state index is 11.6. The average molecular weight is 324 g/mol. The van der Waals surface area contributed by atoms with Crippen molar-refractivity contribution in [2.75, 3.05) is 6.54 Å². The van der Waals surface area contributed by atoms with Gasteiger partial charge < -0.3 is 14.5 Å². The molecule has 118 valence electrons. The standard InChI is InChI=1S/C15H18ClN3O3/c1-3-10(2)15(21)18-7-13(20)22-9-11-6-12(16)14-17-4-5-19(14)8-11/h4-6,8,10H,3,7,9H2,1-2H3,(H,18,21). The number of fused-ring (bicyclic) bond motifs is 1. The first-order chi connectivity index (χ1) is 10.5. The Morgan fingerprint density at radius 1 is 1.50 bits per heavy atom. The van der Waals surface area contributed by atoms with Gasteiger partial charge in [-0.25, -0.2) is 4.98 Å². The van der Waals surface area contributed by atoms with Crippen molar-refractivity contribution >= 4 is 29.1 Å². The number of ether oxygens (including phenoxy) is 1. The van der Waals surface area contributed by atoms with Gasteiger partial charge in [0.2, 0.25) is 5.91 Å². The second kappa shape index (κ2) is 7.26. The number of carbonyl (C=O) groups excluding carboxylic acids is 2. The fraction of sp³-hybridized carbons (Fsp3) is 0.400. The predicted molar refractivity (Wildman–Crippen MR) is 82.5 cm³/mol. The fourth-order valence-electron chi connectivity index (χ4n) is 1.86. The Morgan fingerprint density at radius 3 is 3.00 bits per heavy atom. The average Bonchev–Trinajstić information content (AvgIpc) is 2.98. The number of nitrogens with one attached hydrogen (secondary N) is 1. The highest BCUT2D eigenvalue weighted by atomic mass is 35.5. The molecule has 0 bridgehead atoms. The molecule has 1 amide bonds. The molecule has 1 unspecified atom stereocenters. The van der Waals surface area contributed by atoms with Gasteiger partial charge in [-0.15, -0.1) is 0 Å². The number of aromatic nitrogens is 2. The van der Waals surface area contributed by atoms with Crippen LogP contribution in [0.3, 0.4) is 0 Å². The van der Waals surface area contributed by atoms with E-state index in [2.05, 4.69) is 10.3 Å². The maximum Gasteiger partial charge on any atom is 0.325 e. The van der Waals surface area contributed by atoms with Crippen LogP contribution in [0, 0.1) is 5.92 Å². The van der Waals surface area contributed by atoms with Crippen molar-refractivity contribution in [3.05, 3.63) is 35.2 Å². The van der Waals surface area contributed by atoms with Gasteiger partial charge in [0.1, 0.15) is 13.2 Å². The molecule has 0 saturated heterocycles. The lowest BCUT2D eigenvalue weighted by atomic mass is 10.1. The third kappa shape index (κ3) is 3.98. The number of hydrogen-bond acceptors (Lipinski definition) is 4. The van der Waals surface area contributed by atoms with E-state index >= 15 is 0 Å². The molecule has 1 N–H and O–H groups in total. The Morgan fingerprint density at radius 2 is 2.27 bits per heavy atom. The maximum atomic E-state index is 11.6. The molecule has 7 heteroatoms. The highest BCUT2D eigenvalue weighted by Gasteiger charge is 2.12. The first-order valence-electron chi connectivity index (χ1n) is 7.05. The van der Waals surface area contributed by atoms with Crippen LogP contribution in [0.25, 0.3) is 5.65 Å². The summed E-state index contributed by atoms with van der Waals surface area (Å²) >= 11 is 6.09. The molecule has 0 aliphatic heterocycles. The Bertz CT molecular complexity index is 684. The summed E-state index contributed by atoms with van der Waals surface area (Å²) in [5.41, 5.74) is 1.40. The minimum atomic E-state index is -0.487. The summed E-state index contributed by atoms with van der Waals surface area (Å²) in [6.07, 6.45) is 5.92. The summed E-state index contributed by atoms with van der Waals surface area (Å²) in [5.74, 6) is -0.754. The van der Waals surface area contributed by atoms with E-state index in [4.69, 9.17) is 16.3 Å². The molecular formula is C15H18ClN3O3. The summed E-state index contributed by atoms with van der Waals surface area (Å²) in [4.78, 5) is 27.3. The molecule has 0 aromatic carbocycles. The van der Waals surface area contributed by atoms with Crippen LogP contribution in [0.1, 0.15) is 25.8 Å². The smallest absolute Gasteiger partial charge is 0.325 e. The van der Waals surface area contributed by atoms with E-state index in [-0.39, 0.29) is 25.0 Å².